The lowest BCUT2D eigenvalue weighted by atomic mass is 10.1. The summed E-state index contributed by atoms with van der Waals surface area (Å²) in [7, 11) is 0. The van der Waals surface area contributed by atoms with Crippen LogP contribution in [-0.2, 0) is 4.79 Å². The number of carbonyl (C=O) groups is 1. The van der Waals surface area contributed by atoms with Crippen LogP contribution >= 0.6 is 12.6 Å². The zero-order chi connectivity index (χ0) is 10.6. The summed E-state index contributed by atoms with van der Waals surface area (Å²) >= 11 is 4.08. The number of nitrogens with zero attached hydrogens (tertiary/aromatic N) is 1. The summed E-state index contributed by atoms with van der Waals surface area (Å²) in [6.45, 7) is 5.21. The van der Waals surface area contributed by atoms with Crippen molar-refractivity contribution in [3.05, 3.63) is 0 Å². The van der Waals surface area contributed by atoms with Gasteiger partial charge in [0.05, 0.1) is 5.75 Å². The summed E-state index contributed by atoms with van der Waals surface area (Å²) in [4.78, 5) is 13.7. The Morgan fingerprint density at radius 3 is 2.43 bits per heavy atom. The highest BCUT2D eigenvalue weighted by atomic mass is 32.1. The Labute approximate surface area is 92.5 Å². The molecule has 3 heteroatoms. The third-order valence-electron chi connectivity index (χ3n) is 2.78. The van der Waals surface area contributed by atoms with Gasteiger partial charge in [-0.05, 0) is 18.8 Å². The van der Waals surface area contributed by atoms with Gasteiger partial charge in [-0.2, -0.15) is 12.6 Å². The van der Waals surface area contributed by atoms with Gasteiger partial charge in [0.15, 0.2) is 0 Å². The molecule has 1 fully saturated rings. The van der Waals surface area contributed by atoms with Gasteiger partial charge in [-0.25, -0.2) is 0 Å². The molecule has 0 radical (unpaired) electrons. The van der Waals surface area contributed by atoms with Gasteiger partial charge in [-0.3, -0.25) is 4.79 Å². The highest BCUT2D eigenvalue weighted by Crippen LogP contribution is 2.24. The van der Waals surface area contributed by atoms with E-state index in [-0.39, 0.29) is 5.91 Å². The SMILES string of the molecule is CC(C)CN(C(=O)CS)C1CCCC1. The molecule has 0 heterocycles. The molecular weight excluding hydrogens is 194 g/mol. The summed E-state index contributed by atoms with van der Waals surface area (Å²) < 4.78 is 0. The Kier molecular flexibility index (Phi) is 4.79. The van der Waals surface area contributed by atoms with E-state index in [2.05, 4.69) is 26.5 Å². The van der Waals surface area contributed by atoms with Gasteiger partial charge in [-0.15, -0.1) is 0 Å². The summed E-state index contributed by atoms with van der Waals surface area (Å²) in [6, 6.07) is 0.497. The fourth-order valence-electron chi connectivity index (χ4n) is 2.15. The minimum atomic E-state index is 0.203. The normalized spacial score (nSPS) is 17.7. The molecule has 82 valence electrons. The molecule has 0 bridgehead atoms. The van der Waals surface area contributed by atoms with Crippen molar-refractivity contribution in [2.45, 2.75) is 45.6 Å². The molecule has 14 heavy (non-hydrogen) atoms. The van der Waals surface area contributed by atoms with Crippen molar-refractivity contribution < 1.29 is 4.79 Å². The molecule has 1 aliphatic rings. The van der Waals surface area contributed by atoms with Crippen LogP contribution in [-0.4, -0.2) is 29.1 Å². The van der Waals surface area contributed by atoms with Crippen LogP contribution < -0.4 is 0 Å². The van der Waals surface area contributed by atoms with Crippen LogP contribution in [0.1, 0.15) is 39.5 Å². The predicted molar refractivity (Wildman–Crippen MR) is 62.7 cm³/mol. The molecule has 1 amide bonds. The first-order valence-corrected chi connectivity index (χ1v) is 6.18. The van der Waals surface area contributed by atoms with Gasteiger partial charge in [0.1, 0.15) is 0 Å². The van der Waals surface area contributed by atoms with Crippen molar-refractivity contribution in [3.8, 4) is 0 Å². The van der Waals surface area contributed by atoms with Gasteiger partial charge in [0.2, 0.25) is 5.91 Å². The highest BCUT2D eigenvalue weighted by Gasteiger charge is 2.25. The van der Waals surface area contributed by atoms with Crippen LogP contribution in [0.25, 0.3) is 0 Å². The molecule has 2 nitrogen and oxygen atoms in total. The molecule has 1 rings (SSSR count). The third kappa shape index (κ3) is 3.19. The van der Waals surface area contributed by atoms with E-state index in [1.807, 2.05) is 4.90 Å². The van der Waals surface area contributed by atoms with Gasteiger partial charge in [-0.1, -0.05) is 26.7 Å². The van der Waals surface area contributed by atoms with E-state index >= 15 is 0 Å². The van der Waals surface area contributed by atoms with Crippen molar-refractivity contribution in [3.63, 3.8) is 0 Å². The smallest absolute Gasteiger partial charge is 0.232 e. The van der Waals surface area contributed by atoms with Gasteiger partial charge in [0.25, 0.3) is 0 Å². The second-order valence-electron chi connectivity index (χ2n) is 4.54. The van der Waals surface area contributed by atoms with Crippen LogP contribution in [0.2, 0.25) is 0 Å². The highest BCUT2D eigenvalue weighted by molar-refractivity contribution is 7.81. The molecule has 0 aliphatic heterocycles. The number of hydrogen-bond acceptors (Lipinski definition) is 2. The lowest BCUT2D eigenvalue weighted by Gasteiger charge is -2.30. The van der Waals surface area contributed by atoms with E-state index in [0.29, 0.717) is 17.7 Å². The minimum absolute atomic E-state index is 0.203. The van der Waals surface area contributed by atoms with Crippen molar-refractivity contribution in [2.75, 3.05) is 12.3 Å². The van der Waals surface area contributed by atoms with E-state index in [1.165, 1.54) is 25.7 Å². The maximum Gasteiger partial charge on any atom is 0.232 e. The molecule has 0 saturated heterocycles. The minimum Gasteiger partial charge on any atom is -0.339 e. The molecule has 0 unspecified atom stereocenters. The van der Waals surface area contributed by atoms with Gasteiger partial charge < -0.3 is 4.90 Å². The molecule has 0 atom stereocenters. The van der Waals surface area contributed by atoms with Crippen LogP contribution in [0.3, 0.4) is 0 Å². The summed E-state index contributed by atoms with van der Waals surface area (Å²) in [5.41, 5.74) is 0. The maximum atomic E-state index is 11.7. The van der Waals surface area contributed by atoms with E-state index in [0.717, 1.165) is 6.54 Å². The zero-order valence-electron chi connectivity index (χ0n) is 9.20. The van der Waals surface area contributed by atoms with Crippen LogP contribution in [0.4, 0.5) is 0 Å². The molecule has 0 spiro atoms. The van der Waals surface area contributed by atoms with Crippen molar-refractivity contribution >= 4 is 18.5 Å². The van der Waals surface area contributed by atoms with Crippen LogP contribution in [0.15, 0.2) is 0 Å². The number of carbonyl (C=O) groups excluding carboxylic acids is 1. The van der Waals surface area contributed by atoms with E-state index in [4.69, 9.17) is 0 Å². The topological polar surface area (TPSA) is 20.3 Å². The van der Waals surface area contributed by atoms with Crippen LogP contribution in [0.5, 0.6) is 0 Å². The zero-order valence-corrected chi connectivity index (χ0v) is 10.1. The molecule has 0 aromatic rings. The summed E-state index contributed by atoms with van der Waals surface area (Å²) in [5, 5.41) is 0. The molecule has 0 aromatic heterocycles. The summed E-state index contributed by atoms with van der Waals surface area (Å²) in [5.74, 6) is 1.11. The second-order valence-corrected chi connectivity index (χ2v) is 4.85. The average Bonchev–Trinajstić information content (AvgIpc) is 2.65. The van der Waals surface area contributed by atoms with E-state index in [1.54, 1.807) is 0 Å². The average molecular weight is 215 g/mol. The fraction of sp³-hybridized carbons (Fsp3) is 0.909. The first kappa shape index (κ1) is 11.9. The monoisotopic (exact) mass is 215 g/mol. The van der Waals surface area contributed by atoms with Crippen molar-refractivity contribution in [1.29, 1.82) is 0 Å². The van der Waals surface area contributed by atoms with Gasteiger partial charge in [0, 0.05) is 12.6 Å². The fourth-order valence-corrected chi connectivity index (χ4v) is 2.34. The van der Waals surface area contributed by atoms with E-state index < -0.39 is 0 Å². The van der Waals surface area contributed by atoms with Crippen LogP contribution in [0, 0.1) is 5.92 Å². The lowest BCUT2D eigenvalue weighted by Crippen LogP contribution is -2.41. The van der Waals surface area contributed by atoms with Gasteiger partial charge >= 0.3 is 0 Å². The Morgan fingerprint density at radius 1 is 1.43 bits per heavy atom. The first-order valence-electron chi connectivity index (χ1n) is 5.55. The number of rotatable bonds is 4. The molecule has 1 aliphatic carbocycles. The Morgan fingerprint density at radius 2 is 2.00 bits per heavy atom. The predicted octanol–water partition coefficient (Wildman–Crippen LogP) is 2.34. The van der Waals surface area contributed by atoms with E-state index in [9.17, 15) is 4.79 Å². The van der Waals surface area contributed by atoms with Crippen molar-refractivity contribution in [1.82, 2.24) is 4.90 Å². The largest absolute Gasteiger partial charge is 0.339 e. The number of amides is 1. The Balaban J connectivity index is 2.55. The quantitative estimate of drug-likeness (QED) is 0.714. The maximum absolute atomic E-state index is 11.7. The number of hydrogen-bond donors (Lipinski definition) is 1. The Bertz CT molecular complexity index is 188. The second kappa shape index (κ2) is 5.64. The molecule has 0 N–H and O–H groups in total. The first-order chi connectivity index (χ1) is 6.65. The number of thiol groups is 1. The molecule has 1 saturated carbocycles. The van der Waals surface area contributed by atoms with Crippen molar-refractivity contribution in [2.24, 2.45) is 5.92 Å². The molecule has 0 aromatic carbocycles. The molecular formula is C11H21NOS. The lowest BCUT2D eigenvalue weighted by molar-refractivity contribution is -0.131. The standard InChI is InChI=1S/C11H21NOS/c1-9(2)7-12(11(13)8-14)10-5-3-4-6-10/h9-10,14H,3-8H2,1-2H3. The third-order valence-corrected chi connectivity index (χ3v) is 3.05. The summed E-state index contributed by atoms with van der Waals surface area (Å²) in [6.07, 6.45) is 4.93. The Hall–Kier alpha value is -0.180.